The van der Waals surface area contributed by atoms with Crippen LogP contribution in [0.2, 0.25) is 5.02 Å². The molecule has 0 spiro atoms. The van der Waals surface area contributed by atoms with Crippen molar-refractivity contribution in [2.24, 2.45) is 0 Å². The van der Waals surface area contributed by atoms with Crippen LogP contribution in [0.1, 0.15) is 0 Å². The van der Waals surface area contributed by atoms with E-state index in [-0.39, 0.29) is 5.56 Å². The quantitative estimate of drug-likeness (QED) is 0.787. The molecule has 20 heavy (non-hydrogen) atoms. The average molecular weight is 287 g/mol. The first-order valence-corrected chi connectivity index (χ1v) is 6.38. The van der Waals surface area contributed by atoms with Crippen LogP contribution in [0.4, 0.5) is 0 Å². The number of nitrogens with one attached hydrogen (secondary N) is 1. The van der Waals surface area contributed by atoms with Crippen LogP contribution < -0.4 is 10.3 Å². The Balaban J connectivity index is 2.27. The van der Waals surface area contributed by atoms with Gasteiger partial charge < -0.3 is 9.72 Å². The molecular weight excluding hydrogens is 276 g/mol. The highest BCUT2D eigenvalue weighted by Gasteiger charge is 2.09. The second kappa shape index (κ2) is 4.98. The SMILES string of the molecule is COc1ccc(Cl)cc1-c1ccc2nc[nH]c(=O)c2c1. The van der Waals surface area contributed by atoms with Crippen LogP contribution >= 0.6 is 11.6 Å². The molecule has 0 atom stereocenters. The minimum atomic E-state index is -0.169. The van der Waals surface area contributed by atoms with Gasteiger partial charge in [0, 0.05) is 10.6 Å². The molecule has 0 amide bonds. The van der Waals surface area contributed by atoms with Crippen LogP contribution in [0.3, 0.4) is 0 Å². The largest absolute Gasteiger partial charge is 0.496 e. The van der Waals surface area contributed by atoms with Crippen molar-refractivity contribution in [2.75, 3.05) is 7.11 Å². The molecule has 4 nitrogen and oxygen atoms in total. The second-order valence-electron chi connectivity index (χ2n) is 4.31. The number of halogens is 1. The Kier molecular flexibility index (Phi) is 3.16. The average Bonchev–Trinajstić information content (AvgIpc) is 2.47. The Hall–Kier alpha value is -2.33. The van der Waals surface area contributed by atoms with Crippen LogP contribution in [0, 0.1) is 0 Å². The summed E-state index contributed by atoms with van der Waals surface area (Å²) in [4.78, 5) is 18.5. The summed E-state index contributed by atoms with van der Waals surface area (Å²) < 4.78 is 5.34. The fourth-order valence-electron chi connectivity index (χ4n) is 2.14. The summed E-state index contributed by atoms with van der Waals surface area (Å²) in [5.41, 5.74) is 2.18. The molecule has 3 rings (SSSR count). The number of ether oxygens (including phenoxy) is 1. The third-order valence-electron chi connectivity index (χ3n) is 3.11. The first-order valence-electron chi connectivity index (χ1n) is 6.00. The van der Waals surface area contributed by atoms with E-state index in [0.717, 1.165) is 11.1 Å². The lowest BCUT2D eigenvalue weighted by molar-refractivity contribution is 0.416. The molecule has 0 radical (unpaired) electrons. The third-order valence-corrected chi connectivity index (χ3v) is 3.35. The second-order valence-corrected chi connectivity index (χ2v) is 4.74. The van der Waals surface area contributed by atoms with Gasteiger partial charge in [0.15, 0.2) is 0 Å². The fraction of sp³-hybridized carbons (Fsp3) is 0.0667. The summed E-state index contributed by atoms with van der Waals surface area (Å²) in [5.74, 6) is 0.703. The maximum Gasteiger partial charge on any atom is 0.258 e. The van der Waals surface area contributed by atoms with Gasteiger partial charge >= 0.3 is 0 Å². The van der Waals surface area contributed by atoms with Crippen molar-refractivity contribution in [3.05, 3.63) is 58.1 Å². The summed E-state index contributed by atoms with van der Waals surface area (Å²) in [6.45, 7) is 0. The number of aromatic nitrogens is 2. The maximum absolute atomic E-state index is 11.8. The number of nitrogens with zero attached hydrogens (tertiary/aromatic N) is 1. The fourth-order valence-corrected chi connectivity index (χ4v) is 2.31. The van der Waals surface area contributed by atoms with E-state index in [4.69, 9.17) is 16.3 Å². The first-order chi connectivity index (χ1) is 9.69. The third kappa shape index (κ3) is 2.14. The van der Waals surface area contributed by atoms with Gasteiger partial charge in [-0.2, -0.15) is 0 Å². The van der Waals surface area contributed by atoms with E-state index >= 15 is 0 Å². The number of rotatable bonds is 2. The van der Waals surface area contributed by atoms with E-state index in [1.807, 2.05) is 12.1 Å². The van der Waals surface area contributed by atoms with Crippen molar-refractivity contribution < 1.29 is 4.74 Å². The van der Waals surface area contributed by atoms with E-state index in [1.165, 1.54) is 6.33 Å². The molecular formula is C15H11ClN2O2. The van der Waals surface area contributed by atoms with Crippen molar-refractivity contribution in [3.63, 3.8) is 0 Å². The lowest BCUT2D eigenvalue weighted by Crippen LogP contribution is -2.06. The number of hydrogen-bond acceptors (Lipinski definition) is 3. The van der Waals surface area contributed by atoms with Gasteiger partial charge in [0.25, 0.3) is 5.56 Å². The lowest BCUT2D eigenvalue weighted by Gasteiger charge is -2.09. The van der Waals surface area contributed by atoms with E-state index in [9.17, 15) is 4.79 Å². The number of benzene rings is 2. The summed E-state index contributed by atoms with van der Waals surface area (Å²) >= 11 is 6.04. The van der Waals surface area contributed by atoms with Gasteiger partial charge in [0.05, 0.1) is 24.3 Å². The van der Waals surface area contributed by atoms with E-state index in [2.05, 4.69) is 9.97 Å². The van der Waals surface area contributed by atoms with Gasteiger partial charge in [0.2, 0.25) is 0 Å². The standard InChI is InChI=1S/C15H11ClN2O2/c1-20-14-5-3-10(16)7-11(14)9-2-4-13-12(6-9)15(19)18-8-17-13/h2-8H,1H3,(H,17,18,19). The molecule has 5 heteroatoms. The molecule has 0 aliphatic heterocycles. The Bertz CT molecular complexity index is 843. The minimum Gasteiger partial charge on any atom is -0.496 e. The van der Waals surface area contributed by atoms with Crippen molar-refractivity contribution in [3.8, 4) is 16.9 Å². The van der Waals surface area contributed by atoms with Crippen LogP contribution in [-0.2, 0) is 0 Å². The van der Waals surface area contributed by atoms with Crippen LogP contribution in [0.25, 0.3) is 22.0 Å². The van der Waals surface area contributed by atoms with E-state index in [0.29, 0.717) is 21.7 Å². The molecule has 0 saturated heterocycles. The van der Waals surface area contributed by atoms with E-state index < -0.39 is 0 Å². The number of fused-ring (bicyclic) bond motifs is 1. The molecule has 0 fully saturated rings. The van der Waals surface area contributed by atoms with Gasteiger partial charge in [-0.1, -0.05) is 17.7 Å². The van der Waals surface area contributed by atoms with Crippen LogP contribution in [-0.4, -0.2) is 17.1 Å². The molecule has 0 aliphatic rings. The van der Waals surface area contributed by atoms with Crippen molar-refractivity contribution in [1.29, 1.82) is 0 Å². The molecule has 0 unspecified atom stereocenters. The van der Waals surface area contributed by atoms with Crippen molar-refractivity contribution in [1.82, 2.24) is 9.97 Å². The van der Waals surface area contributed by atoms with Gasteiger partial charge in [-0.25, -0.2) is 4.98 Å². The molecule has 1 heterocycles. The molecule has 1 N–H and O–H groups in total. The Labute approximate surface area is 120 Å². The lowest BCUT2D eigenvalue weighted by atomic mass is 10.0. The number of hydrogen-bond donors (Lipinski definition) is 1. The smallest absolute Gasteiger partial charge is 0.258 e. The van der Waals surface area contributed by atoms with Crippen LogP contribution in [0.5, 0.6) is 5.75 Å². The van der Waals surface area contributed by atoms with Gasteiger partial charge in [-0.05, 0) is 35.9 Å². The highest BCUT2D eigenvalue weighted by atomic mass is 35.5. The Morgan fingerprint density at radius 2 is 2.05 bits per heavy atom. The van der Waals surface area contributed by atoms with Crippen molar-refractivity contribution >= 4 is 22.5 Å². The monoisotopic (exact) mass is 286 g/mol. The molecule has 0 saturated carbocycles. The summed E-state index contributed by atoms with van der Waals surface area (Å²) in [6.07, 6.45) is 1.39. The highest BCUT2D eigenvalue weighted by molar-refractivity contribution is 6.31. The Morgan fingerprint density at radius 1 is 1.20 bits per heavy atom. The summed E-state index contributed by atoms with van der Waals surface area (Å²) in [5, 5.41) is 1.15. The predicted octanol–water partition coefficient (Wildman–Crippen LogP) is 3.25. The zero-order valence-electron chi connectivity index (χ0n) is 10.7. The topological polar surface area (TPSA) is 55.0 Å². The molecule has 0 aliphatic carbocycles. The first kappa shape index (κ1) is 12.7. The van der Waals surface area contributed by atoms with Crippen molar-refractivity contribution in [2.45, 2.75) is 0 Å². The normalized spacial score (nSPS) is 10.7. The molecule has 2 aromatic carbocycles. The zero-order chi connectivity index (χ0) is 14.1. The highest BCUT2D eigenvalue weighted by Crippen LogP contribution is 2.33. The van der Waals surface area contributed by atoms with Gasteiger partial charge in [-0.15, -0.1) is 0 Å². The summed E-state index contributed by atoms with van der Waals surface area (Å²) in [7, 11) is 1.60. The number of aromatic amines is 1. The molecule has 3 aromatic rings. The summed E-state index contributed by atoms with van der Waals surface area (Å²) in [6, 6.07) is 10.9. The zero-order valence-corrected chi connectivity index (χ0v) is 11.4. The number of H-pyrrole nitrogens is 1. The maximum atomic E-state index is 11.8. The molecule has 100 valence electrons. The van der Waals surface area contributed by atoms with Gasteiger partial charge in [0.1, 0.15) is 5.75 Å². The predicted molar refractivity (Wildman–Crippen MR) is 79.4 cm³/mol. The molecule has 0 bridgehead atoms. The van der Waals surface area contributed by atoms with Gasteiger partial charge in [-0.3, -0.25) is 4.79 Å². The Morgan fingerprint density at radius 3 is 2.85 bits per heavy atom. The van der Waals surface area contributed by atoms with Crippen LogP contribution in [0.15, 0.2) is 47.5 Å². The number of methoxy groups -OCH3 is 1. The molecule has 1 aromatic heterocycles. The minimum absolute atomic E-state index is 0.169. The van der Waals surface area contributed by atoms with E-state index in [1.54, 1.807) is 31.4 Å².